The van der Waals surface area contributed by atoms with Crippen LogP contribution < -0.4 is 10.1 Å². The molecule has 0 unspecified atom stereocenters. The normalized spacial score (nSPS) is 15.7. The van der Waals surface area contributed by atoms with Gasteiger partial charge in [0, 0.05) is 5.02 Å². The van der Waals surface area contributed by atoms with Gasteiger partial charge < -0.3 is 10.1 Å². The zero-order chi connectivity index (χ0) is 13.3. The van der Waals surface area contributed by atoms with E-state index < -0.39 is 5.41 Å². The lowest BCUT2D eigenvalue weighted by atomic mass is 10.1. The fourth-order valence-electron chi connectivity index (χ4n) is 1.85. The Morgan fingerprint density at radius 1 is 1.56 bits per heavy atom. The van der Waals surface area contributed by atoms with Gasteiger partial charge in [0.05, 0.1) is 18.9 Å². The van der Waals surface area contributed by atoms with Crippen LogP contribution in [0.4, 0.5) is 5.69 Å². The van der Waals surface area contributed by atoms with Gasteiger partial charge in [-0.3, -0.25) is 4.79 Å². The number of anilines is 1. The Labute approximate surface area is 111 Å². The molecule has 0 atom stereocenters. The summed E-state index contributed by atoms with van der Waals surface area (Å²) < 4.78 is 5.24. The summed E-state index contributed by atoms with van der Waals surface area (Å²) in [6.07, 6.45) is 1.22. The number of carbonyl (C=O) groups excluding carboxylic acids is 1. The second-order valence-corrected chi connectivity index (χ2v) is 4.89. The number of hydrogen-bond acceptors (Lipinski definition) is 3. The van der Waals surface area contributed by atoms with Crippen molar-refractivity contribution in [2.24, 2.45) is 5.41 Å². The number of hydrogen-bond donors (Lipinski definition) is 1. The summed E-state index contributed by atoms with van der Waals surface area (Å²) in [5, 5.41) is 12.2. The minimum absolute atomic E-state index is 0.287. The molecule has 1 N–H and O–H groups in total. The van der Waals surface area contributed by atoms with Crippen LogP contribution in [-0.4, -0.2) is 13.0 Å². The molecule has 1 aliphatic carbocycles. The maximum atomic E-state index is 12.0. The van der Waals surface area contributed by atoms with Gasteiger partial charge in [0.2, 0.25) is 5.91 Å². The molecule has 0 aliphatic heterocycles. The van der Waals surface area contributed by atoms with E-state index in [0.717, 1.165) is 5.56 Å². The van der Waals surface area contributed by atoms with E-state index in [4.69, 9.17) is 21.6 Å². The van der Waals surface area contributed by atoms with E-state index in [9.17, 15) is 4.79 Å². The third kappa shape index (κ3) is 2.14. The molecule has 0 bridgehead atoms. The number of methoxy groups -OCH3 is 1. The summed E-state index contributed by atoms with van der Waals surface area (Å²) in [5.74, 6) is 0.284. The van der Waals surface area contributed by atoms with E-state index in [1.54, 1.807) is 12.1 Å². The lowest BCUT2D eigenvalue weighted by molar-refractivity contribution is -0.119. The van der Waals surface area contributed by atoms with Gasteiger partial charge >= 0.3 is 0 Å². The molecule has 1 aromatic carbocycles. The van der Waals surface area contributed by atoms with Crippen molar-refractivity contribution in [3.05, 3.63) is 22.7 Å². The van der Waals surface area contributed by atoms with Crippen molar-refractivity contribution >= 4 is 23.2 Å². The minimum atomic E-state index is -0.860. The smallest absolute Gasteiger partial charge is 0.244 e. The van der Waals surface area contributed by atoms with Crippen LogP contribution in [0.15, 0.2) is 12.1 Å². The molecule has 1 fully saturated rings. The second kappa shape index (κ2) is 4.51. The zero-order valence-electron chi connectivity index (χ0n) is 10.2. The molecule has 4 nitrogen and oxygen atoms in total. The summed E-state index contributed by atoms with van der Waals surface area (Å²) in [6.45, 7) is 1.84. The number of aryl methyl sites for hydroxylation is 1. The molecule has 1 aromatic rings. The van der Waals surface area contributed by atoms with E-state index in [2.05, 4.69) is 11.4 Å². The highest BCUT2D eigenvalue weighted by Gasteiger charge is 2.50. The zero-order valence-corrected chi connectivity index (χ0v) is 11.0. The van der Waals surface area contributed by atoms with Crippen LogP contribution in [0.5, 0.6) is 5.75 Å². The van der Waals surface area contributed by atoms with Crippen LogP contribution in [0.2, 0.25) is 5.02 Å². The van der Waals surface area contributed by atoms with Crippen molar-refractivity contribution in [1.29, 1.82) is 5.26 Å². The number of ether oxygens (including phenoxy) is 1. The molecule has 0 saturated heterocycles. The summed E-state index contributed by atoms with van der Waals surface area (Å²) in [7, 11) is 1.53. The lowest BCUT2D eigenvalue weighted by Gasteiger charge is -2.14. The molecule has 1 aliphatic rings. The van der Waals surface area contributed by atoms with Gasteiger partial charge in [-0.25, -0.2) is 0 Å². The molecule has 5 heteroatoms. The molecule has 0 spiro atoms. The topological polar surface area (TPSA) is 62.1 Å². The summed E-state index contributed by atoms with van der Waals surface area (Å²) in [5.41, 5.74) is 0.484. The molecule has 1 amide bonds. The number of carbonyl (C=O) groups is 1. The van der Waals surface area contributed by atoms with Crippen molar-refractivity contribution in [2.75, 3.05) is 12.4 Å². The van der Waals surface area contributed by atoms with E-state index in [0.29, 0.717) is 29.3 Å². The Morgan fingerprint density at radius 3 is 2.72 bits per heavy atom. The van der Waals surface area contributed by atoms with Gasteiger partial charge in [0.1, 0.15) is 11.2 Å². The van der Waals surface area contributed by atoms with Gasteiger partial charge in [0.15, 0.2) is 0 Å². The van der Waals surface area contributed by atoms with Crippen molar-refractivity contribution < 1.29 is 9.53 Å². The van der Waals surface area contributed by atoms with Crippen LogP contribution in [0.25, 0.3) is 0 Å². The number of rotatable bonds is 3. The van der Waals surface area contributed by atoms with E-state index in [1.165, 1.54) is 7.11 Å². The highest BCUT2D eigenvalue weighted by Crippen LogP contribution is 2.46. The fourth-order valence-corrected chi connectivity index (χ4v) is 2.12. The van der Waals surface area contributed by atoms with Gasteiger partial charge in [-0.05, 0) is 37.5 Å². The number of nitrogens with zero attached hydrogens (tertiary/aromatic N) is 1. The molecule has 18 heavy (non-hydrogen) atoms. The second-order valence-electron chi connectivity index (χ2n) is 4.45. The largest absolute Gasteiger partial charge is 0.494 e. The molecule has 1 saturated carbocycles. The maximum absolute atomic E-state index is 12.0. The number of amides is 1. The Hall–Kier alpha value is -1.73. The van der Waals surface area contributed by atoms with Gasteiger partial charge in [-0.15, -0.1) is 0 Å². The average Bonchev–Trinajstić information content (AvgIpc) is 3.09. The first-order valence-corrected chi connectivity index (χ1v) is 5.97. The SMILES string of the molecule is COc1c(C)cc(Cl)cc1NC(=O)C1(C#N)CC1. The lowest BCUT2D eigenvalue weighted by Crippen LogP contribution is -2.23. The predicted octanol–water partition coefficient (Wildman–Crippen LogP) is 2.90. The number of nitriles is 1. The first kappa shape index (κ1) is 12.7. The average molecular weight is 265 g/mol. The van der Waals surface area contributed by atoms with Gasteiger partial charge in [-0.1, -0.05) is 11.6 Å². The Balaban J connectivity index is 2.29. The summed E-state index contributed by atoms with van der Waals surface area (Å²) in [6, 6.07) is 5.43. The van der Waals surface area contributed by atoms with E-state index in [1.807, 2.05) is 6.92 Å². The Kier molecular flexibility index (Phi) is 3.18. The van der Waals surface area contributed by atoms with Gasteiger partial charge in [-0.2, -0.15) is 5.26 Å². The number of benzene rings is 1. The quantitative estimate of drug-likeness (QED) is 0.913. The molecular weight excluding hydrogens is 252 g/mol. The van der Waals surface area contributed by atoms with Crippen molar-refractivity contribution in [2.45, 2.75) is 19.8 Å². The van der Waals surface area contributed by atoms with E-state index >= 15 is 0 Å². The molecule has 0 radical (unpaired) electrons. The third-order valence-corrected chi connectivity index (χ3v) is 3.31. The monoisotopic (exact) mass is 264 g/mol. The van der Waals surface area contributed by atoms with Crippen molar-refractivity contribution in [3.8, 4) is 11.8 Å². The summed E-state index contributed by atoms with van der Waals surface area (Å²) >= 11 is 5.95. The predicted molar refractivity (Wildman–Crippen MR) is 68.7 cm³/mol. The molecule has 2 rings (SSSR count). The maximum Gasteiger partial charge on any atom is 0.244 e. The van der Waals surface area contributed by atoms with Crippen LogP contribution in [-0.2, 0) is 4.79 Å². The van der Waals surface area contributed by atoms with Crippen LogP contribution in [0.3, 0.4) is 0 Å². The third-order valence-electron chi connectivity index (χ3n) is 3.09. The highest BCUT2D eigenvalue weighted by atomic mass is 35.5. The van der Waals surface area contributed by atoms with Gasteiger partial charge in [0.25, 0.3) is 0 Å². The summed E-state index contributed by atoms with van der Waals surface area (Å²) in [4.78, 5) is 12.0. The molecule has 0 aromatic heterocycles. The molecule has 0 heterocycles. The molecule has 94 valence electrons. The van der Waals surface area contributed by atoms with E-state index in [-0.39, 0.29) is 5.91 Å². The van der Waals surface area contributed by atoms with Crippen LogP contribution >= 0.6 is 11.6 Å². The first-order valence-electron chi connectivity index (χ1n) is 5.59. The number of halogens is 1. The van der Waals surface area contributed by atoms with Crippen molar-refractivity contribution in [1.82, 2.24) is 0 Å². The molecular formula is C13H13ClN2O2. The van der Waals surface area contributed by atoms with Crippen LogP contribution in [0, 0.1) is 23.7 Å². The van der Waals surface area contributed by atoms with Crippen LogP contribution in [0.1, 0.15) is 18.4 Å². The van der Waals surface area contributed by atoms with Crippen molar-refractivity contribution in [3.63, 3.8) is 0 Å². The Morgan fingerprint density at radius 2 is 2.22 bits per heavy atom. The first-order chi connectivity index (χ1) is 8.52. The Bertz CT molecular complexity index is 545. The standard InChI is InChI=1S/C13H13ClN2O2/c1-8-5-9(14)6-10(11(8)18-2)16-12(17)13(7-15)3-4-13/h5-6H,3-4H2,1-2H3,(H,16,17). The minimum Gasteiger partial charge on any atom is -0.494 e. The number of nitrogens with one attached hydrogen (secondary N) is 1. The highest BCUT2D eigenvalue weighted by molar-refractivity contribution is 6.31. The fraction of sp³-hybridized carbons (Fsp3) is 0.385.